The van der Waals surface area contributed by atoms with Crippen LogP contribution in [0.5, 0.6) is 0 Å². The standard InChI is InChI=1S/C10H9.2ClH.Cr/c1-8-6-7-9-4-2-3-5-10(8)9;;;/h2-7H,1H3;2*1H;/q-1;;;+3/p-2. The smallest absolute Gasteiger partial charge is 1.00 e. The van der Waals surface area contributed by atoms with Crippen LogP contribution < -0.4 is 24.8 Å². The predicted molar refractivity (Wildman–Crippen MR) is 44.3 cm³/mol. The molecule has 0 saturated heterocycles. The topological polar surface area (TPSA) is 0 Å². The molecule has 1 radical (unpaired) electrons. The fraction of sp³-hybridized carbons (Fsp3) is 0.100. The van der Waals surface area contributed by atoms with Gasteiger partial charge in [-0.15, -0.1) is 35.0 Å². The van der Waals surface area contributed by atoms with E-state index in [2.05, 4.69) is 43.3 Å². The average molecular weight is 252 g/mol. The second-order valence-electron chi connectivity index (χ2n) is 2.60. The molecule has 13 heavy (non-hydrogen) atoms. The van der Waals surface area contributed by atoms with Gasteiger partial charge < -0.3 is 24.8 Å². The van der Waals surface area contributed by atoms with Crippen LogP contribution in [-0.2, 0) is 17.4 Å². The molecule has 0 atom stereocenters. The van der Waals surface area contributed by atoms with Gasteiger partial charge in [0.25, 0.3) is 0 Å². The zero-order chi connectivity index (χ0) is 6.97. The summed E-state index contributed by atoms with van der Waals surface area (Å²) in [5.74, 6) is 0. The van der Waals surface area contributed by atoms with Gasteiger partial charge in [0.05, 0.1) is 0 Å². The van der Waals surface area contributed by atoms with E-state index >= 15 is 0 Å². The number of rotatable bonds is 0. The SMILES string of the molecule is Cc1c[cH-]c2ccccc12.[Cl-].[Cl-].[Cr+3]. The van der Waals surface area contributed by atoms with Gasteiger partial charge in [0.1, 0.15) is 0 Å². The van der Waals surface area contributed by atoms with Crippen LogP contribution in [0.2, 0.25) is 0 Å². The minimum absolute atomic E-state index is 0. The largest absolute Gasteiger partial charge is 3.00 e. The van der Waals surface area contributed by atoms with Gasteiger partial charge in [-0.1, -0.05) is 13.0 Å². The van der Waals surface area contributed by atoms with Gasteiger partial charge in [0.15, 0.2) is 0 Å². The number of benzene rings is 1. The van der Waals surface area contributed by atoms with Gasteiger partial charge in [-0.2, -0.15) is 11.6 Å². The third-order valence-corrected chi connectivity index (χ3v) is 1.90. The summed E-state index contributed by atoms with van der Waals surface area (Å²) in [5.41, 5.74) is 1.37. The molecule has 0 aliphatic carbocycles. The maximum absolute atomic E-state index is 2.16. The van der Waals surface area contributed by atoms with Crippen LogP contribution in [0.15, 0.2) is 36.4 Å². The fourth-order valence-corrected chi connectivity index (χ4v) is 1.31. The van der Waals surface area contributed by atoms with Gasteiger partial charge >= 0.3 is 17.4 Å². The van der Waals surface area contributed by atoms with Crippen molar-refractivity contribution in [3.8, 4) is 0 Å². The van der Waals surface area contributed by atoms with E-state index in [1.165, 1.54) is 16.3 Å². The summed E-state index contributed by atoms with van der Waals surface area (Å²) >= 11 is 0. The number of hydrogen-bond donors (Lipinski definition) is 0. The molecule has 0 amide bonds. The van der Waals surface area contributed by atoms with Gasteiger partial charge in [0.2, 0.25) is 0 Å². The Bertz CT molecular complexity index is 354. The first-order chi connectivity index (χ1) is 4.88. The molecule has 0 aliphatic heterocycles. The van der Waals surface area contributed by atoms with Crippen LogP contribution in [0.25, 0.3) is 10.8 Å². The van der Waals surface area contributed by atoms with E-state index in [0.717, 1.165) is 0 Å². The maximum Gasteiger partial charge on any atom is 3.00 e. The quantitative estimate of drug-likeness (QED) is 0.435. The molecular weight excluding hydrogens is 243 g/mol. The normalized spacial score (nSPS) is 8.08. The Labute approximate surface area is 102 Å². The number of fused-ring (bicyclic) bond motifs is 1. The molecule has 0 spiro atoms. The summed E-state index contributed by atoms with van der Waals surface area (Å²) in [6.45, 7) is 2.14. The molecule has 0 bridgehead atoms. The molecule has 2 rings (SSSR count). The van der Waals surface area contributed by atoms with Crippen LogP contribution >= 0.6 is 0 Å². The Hall–Kier alpha value is -0.0575. The summed E-state index contributed by atoms with van der Waals surface area (Å²) in [6.07, 6.45) is 0. The number of hydrogen-bond acceptors (Lipinski definition) is 0. The van der Waals surface area contributed by atoms with Gasteiger partial charge in [-0.3, -0.25) is 0 Å². The van der Waals surface area contributed by atoms with Crippen LogP contribution in [-0.4, -0.2) is 0 Å². The second kappa shape index (κ2) is 6.40. The van der Waals surface area contributed by atoms with Crippen LogP contribution in [0, 0.1) is 6.92 Å². The summed E-state index contributed by atoms with van der Waals surface area (Å²) < 4.78 is 0. The molecule has 0 N–H and O–H groups in total. The molecule has 2 aromatic rings. The minimum atomic E-state index is 0. The summed E-state index contributed by atoms with van der Waals surface area (Å²) in [4.78, 5) is 0. The Morgan fingerprint density at radius 3 is 2.31 bits per heavy atom. The Kier molecular flexibility index (Phi) is 7.59. The fourth-order valence-electron chi connectivity index (χ4n) is 1.31. The average Bonchev–Trinajstić information content (AvgIpc) is 2.34. The van der Waals surface area contributed by atoms with E-state index in [9.17, 15) is 0 Å². The van der Waals surface area contributed by atoms with E-state index in [1.54, 1.807) is 0 Å². The van der Waals surface area contributed by atoms with Crippen molar-refractivity contribution in [3.63, 3.8) is 0 Å². The van der Waals surface area contributed by atoms with E-state index in [4.69, 9.17) is 0 Å². The second-order valence-corrected chi connectivity index (χ2v) is 2.60. The Balaban J connectivity index is 0. The molecular formula is C10H9Cl2Cr. The predicted octanol–water partition coefficient (Wildman–Crippen LogP) is -3.13. The van der Waals surface area contributed by atoms with Crippen molar-refractivity contribution in [1.29, 1.82) is 0 Å². The first-order valence-electron chi connectivity index (χ1n) is 3.49. The van der Waals surface area contributed by atoms with Crippen LogP contribution in [0.3, 0.4) is 0 Å². The van der Waals surface area contributed by atoms with E-state index in [-0.39, 0.29) is 42.2 Å². The van der Waals surface area contributed by atoms with Crippen molar-refractivity contribution in [2.75, 3.05) is 0 Å². The molecule has 0 heterocycles. The molecule has 69 valence electrons. The maximum atomic E-state index is 2.16. The van der Waals surface area contributed by atoms with Crippen LogP contribution in [0.1, 0.15) is 5.56 Å². The molecule has 0 unspecified atom stereocenters. The summed E-state index contributed by atoms with van der Waals surface area (Å²) in [7, 11) is 0. The summed E-state index contributed by atoms with van der Waals surface area (Å²) in [5, 5.41) is 2.72. The van der Waals surface area contributed by atoms with E-state index < -0.39 is 0 Å². The van der Waals surface area contributed by atoms with Gasteiger partial charge in [-0.25, -0.2) is 0 Å². The Morgan fingerprint density at radius 2 is 1.69 bits per heavy atom. The van der Waals surface area contributed by atoms with E-state index in [0.29, 0.717) is 0 Å². The van der Waals surface area contributed by atoms with Gasteiger partial charge in [-0.05, 0) is 0 Å². The molecule has 3 heteroatoms. The minimum Gasteiger partial charge on any atom is -1.00 e. The van der Waals surface area contributed by atoms with Crippen LogP contribution in [0.4, 0.5) is 0 Å². The number of halogens is 2. The van der Waals surface area contributed by atoms with Crippen molar-refractivity contribution in [2.24, 2.45) is 0 Å². The molecule has 0 aliphatic rings. The zero-order valence-electron chi connectivity index (χ0n) is 7.13. The van der Waals surface area contributed by atoms with Crippen molar-refractivity contribution in [1.82, 2.24) is 0 Å². The van der Waals surface area contributed by atoms with Crippen molar-refractivity contribution >= 4 is 10.8 Å². The van der Waals surface area contributed by atoms with Crippen molar-refractivity contribution in [2.45, 2.75) is 6.92 Å². The Morgan fingerprint density at radius 1 is 1.08 bits per heavy atom. The first-order valence-corrected chi connectivity index (χ1v) is 3.49. The molecule has 2 aromatic carbocycles. The monoisotopic (exact) mass is 251 g/mol. The molecule has 0 saturated carbocycles. The van der Waals surface area contributed by atoms with Crippen molar-refractivity contribution in [3.05, 3.63) is 42.0 Å². The van der Waals surface area contributed by atoms with E-state index in [1.807, 2.05) is 0 Å². The van der Waals surface area contributed by atoms with Crippen molar-refractivity contribution < 1.29 is 42.2 Å². The number of aryl methyl sites for hydroxylation is 1. The third-order valence-electron chi connectivity index (χ3n) is 1.90. The van der Waals surface area contributed by atoms with Gasteiger partial charge in [0, 0.05) is 0 Å². The molecule has 0 nitrogen and oxygen atoms in total. The zero-order valence-corrected chi connectivity index (χ0v) is 9.92. The molecule has 0 aromatic heterocycles. The third kappa shape index (κ3) is 2.97. The first kappa shape index (κ1) is 15.4. The molecule has 0 fully saturated rings. The summed E-state index contributed by atoms with van der Waals surface area (Å²) in [6, 6.07) is 12.8.